The van der Waals surface area contributed by atoms with Gasteiger partial charge in [0.25, 0.3) is 0 Å². The highest BCUT2D eigenvalue weighted by atomic mass is 32.1. The molecular formula is C13H29O4PS. The smallest absolute Gasteiger partial charge is 0.303 e. The van der Waals surface area contributed by atoms with Crippen LogP contribution >= 0.6 is 20.5 Å². The van der Waals surface area contributed by atoms with E-state index in [1.54, 1.807) is 0 Å². The summed E-state index contributed by atoms with van der Waals surface area (Å²) in [6, 6.07) is 0. The molecule has 0 bridgehead atoms. The highest BCUT2D eigenvalue weighted by Crippen LogP contribution is 2.35. The normalized spacial score (nSPS) is 11.9. The summed E-state index contributed by atoms with van der Waals surface area (Å²) in [6.07, 6.45) is 13.2. The Morgan fingerprint density at radius 2 is 1.11 bits per heavy atom. The van der Waals surface area contributed by atoms with E-state index in [1.165, 1.54) is 51.4 Å². The minimum Gasteiger partial charge on any atom is -0.303 e. The lowest BCUT2D eigenvalue weighted by molar-refractivity contribution is 0.193. The van der Waals surface area contributed by atoms with Crippen LogP contribution in [0, 0.1) is 0 Å². The topological polar surface area (TPSA) is 66.8 Å². The highest BCUT2D eigenvalue weighted by molar-refractivity contribution is 7.80. The first-order chi connectivity index (χ1) is 9.06. The van der Waals surface area contributed by atoms with Gasteiger partial charge < -0.3 is 9.79 Å². The van der Waals surface area contributed by atoms with Crippen LogP contribution in [0.5, 0.6) is 0 Å². The van der Waals surface area contributed by atoms with Crippen molar-refractivity contribution in [3.8, 4) is 0 Å². The van der Waals surface area contributed by atoms with Gasteiger partial charge in [0.05, 0.1) is 6.61 Å². The number of unbranched alkanes of at least 4 members (excludes halogenated alkanes) is 10. The Labute approximate surface area is 123 Å². The lowest BCUT2D eigenvalue weighted by Crippen LogP contribution is -1.92. The van der Waals surface area contributed by atoms with Crippen molar-refractivity contribution in [1.29, 1.82) is 0 Å². The Balaban J connectivity index is 3.01. The summed E-state index contributed by atoms with van der Waals surface area (Å²) >= 11 is 4.19. The molecule has 0 fully saturated rings. The molecule has 0 aromatic rings. The maximum Gasteiger partial charge on any atom is 0.469 e. The molecule has 0 aromatic carbocycles. The van der Waals surface area contributed by atoms with E-state index in [4.69, 9.17) is 9.79 Å². The van der Waals surface area contributed by atoms with E-state index in [0.717, 1.165) is 25.0 Å². The van der Waals surface area contributed by atoms with Gasteiger partial charge in [0.2, 0.25) is 0 Å². The molecule has 0 rings (SSSR count). The van der Waals surface area contributed by atoms with Crippen molar-refractivity contribution in [2.75, 3.05) is 12.4 Å². The van der Waals surface area contributed by atoms with Crippen LogP contribution in [-0.4, -0.2) is 22.1 Å². The molecule has 0 unspecified atom stereocenters. The van der Waals surface area contributed by atoms with Crippen LogP contribution in [0.15, 0.2) is 0 Å². The Morgan fingerprint density at radius 3 is 1.47 bits per heavy atom. The fourth-order valence-electron chi connectivity index (χ4n) is 1.99. The van der Waals surface area contributed by atoms with Gasteiger partial charge in [-0.05, 0) is 18.6 Å². The number of hydrogen-bond donors (Lipinski definition) is 3. The maximum absolute atomic E-state index is 10.4. The molecule has 2 N–H and O–H groups in total. The highest BCUT2D eigenvalue weighted by Gasteiger charge is 2.12. The van der Waals surface area contributed by atoms with Crippen LogP contribution in [0.2, 0.25) is 0 Å². The first kappa shape index (κ1) is 19.5. The fraction of sp³-hybridized carbons (Fsp3) is 1.00. The van der Waals surface area contributed by atoms with Gasteiger partial charge in [0, 0.05) is 0 Å². The molecule has 0 aromatic heterocycles. The average Bonchev–Trinajstić information content (AvgIpc) is 2.34. The first-order valence-corrected chi connectivity index (χ1v) is 9.53. The summed E-state index contributed by atoms with van der Waals surface area (Å²) in [5, 5.41) is 0. The van der Waals surface area contributed by atoms with Crippen LogP contribution in [0.25, 0.3) is 0 Å². The minimum absolute atomic E-state index is 0.162. The zero-order chi connectivity index (χ0) is 14.4. The van der Waals surface area contributed by atoms with Gasteiger partial charge in [-0.25, -0.2) is 4.57 Å². The van der Waals surface area contributed by atoms with Gasteiger partial charge in [-0.2, -0.15) is 12.6 Å². The van der Waals surface area contributed by atoms with Gasteiger partial charge in [-0.3, -0.25) is 4.52 Å². The summed E-state index contributed by atoms with van der Waals surface area (Å²) in [7, 11) is -4.25. The number of hydrogen-bond acceptors (Lipinski definition) is 3. The van der Waals surface area contributed by atoms with Gasteiger partial charge >= 0.3 is 7.82 Å². The molecule has 116 valence electrons. The van der Waals surface area contributed by atoms with Crippen LogP contribution in [0.1, 0.15) is 70.6 Å². The molecule has 4 nitrogen and oxygen atoms in total. The molecule has 19 heavy (non-hydrogen) atoms. The van der Waals surface area contributed by atoms with Crippen LogP contribution in [0.3, 0.4) is 0 Å². The minimum atomic E-state index is -4.25. The summed E-state index contributed by atoms with van der Waals surface area (Å²) in [6.45, 7) is 0.162. The molecule has 0 aliphatic rings. The van der Waals surface area contributed by atoms with Crippen molar-refractivity contribution in [3.05, 3.63) is 0 Å². The molecule has 0 saturated heterocycles. The average molecular weight is 312 g/mol. The van der Waals surface area contributed by atoms with E-state index >= 15 is 0 Å². The molecule has 6 heteroatoms. The van der Waals surface area contributed by atoms with Gasteiger partial charge in [-0.1, -0.05) is 57.8 Å². The maximum atomic E-state index is 10.4. The van der Waals surface area contributed by atoms with Crippen molar-refractivity contribution in [2.45, 2.75) is 70.6 Å². The Morgan fingerprint density at radius 1 is 0.737 bits per heavy atom. The number of phosphoric acid groups is 1. The standard InChI is InChI=1S/C13H29O4PS/c14-18(15,16)17-12-10-8-6-4-2-1-3-5-7-9-11-13-19/h19H,1-13H2,(H2,14,15,16). The molecule has 0 aliphatic heterocycles. The lowest BCUT2D eigenvalue weighted by Gasteiger charge is -2.05. The van der Waals surface area contributed by atoms with E-state index in [1.807, 2.05) is 0 Å². The van der Waals surface area contributed by atoms with Gasteiger partial charge in [0.1, 0.15) is 0 Å². The van der Waals surface area contributed by atoms with E-state index in [9.17, 15) is 4.57 Å². The Kier molecular flexibility index (Phi) is 13.8. The number of thiol groups is 1. The first-order valence-electron chi connectivity index (χ1n) is 7.37. The van der Waals surface area contributed by atoms with Crippen molar-refractivity contribution >= 4 is 20.5 Å². The number of phosphoric ester groups is 1. The Hall–Kier alpha value is 0.460. The van der Waals surface area contributed by atoms with E-state index < -0.39 is 7.82 Å². The third-order valence-corrected chi connectivity index (χ3v) is 3.90. The quantitative estimate of drug-likeness (QED) is 0.254. The molecule has 0 radical (unpaired) electrons. The van der Waals surface area contributed by atoms with Crippen LogP contribution in [0.4, 0.5) is 0 Å². The predicted octanol–water partition coefficient (Wildman–Crippen LogP) is 4.32. The molecule has 0 spiro atoms. The van der Waals surface area contributed by atoms with Crippen molar-refractivity contribution < 1.29 is 18.9 Å². The lowest BCUT2D eigenvalue weighted by atomic mass is 10.1. The van der Waals surface area contributed by atoms with Crippen LogP contribution in [-0.2, 0) is 9.09 Å². The second kappa shape index (κ2) is 13.4. The van der Waals surface area contributed by atoms with Crippen LogP contribution < -0.4 is 0 Å². The van der Waals surface area contributed by atoms with Gasteiger partial charge in [-0.15, -0.1) is 0 Å². The third-order valence-electron chi connectivity index (χ3n) is 3.06. The predicted molar refractivity (Wildman–Crippen MR) is 82.6 cm³/mol. The molecule has 0 amide bonds. The fourth-order valence-corrected chi connectivity index (χ4v) is 2.58. The van der Waals surface area contributed by atoms with Crippen molar-refractivity contribution in [2.24, 2.45) is 0 Å². The summed E-state index contributed by atoms with van der Waals surface area (Å²) < 4.78 is 14.8. The van der Waals surface area contributed by atoms with Crippen molar-refractivity contribution in [1.82, 2.24) is 0 Å². The van der Waals surface area contributed by atoms with E-state index in [2.05, 4.69) is 17.2 Å². The molecular weight excluding hydrogens is 283 g/mol. The van der Waals surface area contributed by atoms with E-state index in [-0.39, 0.29) is 6.61 Å². The molecule has 0 atom stereocenters. The zero-order valence-electron chi connectivity index (χ0n) is 11.8. The SMILES string of the molecule is O=P(O)(O)OCCCCCCCCCCCCCS. The van der Waals surface area contributed by atoms with Gasteiger partial charge in [0.15, 0.2) is 0 Å². The summed E-state index contributed by atoms with van der Waals surface area (Å²) in [5.41, 5.74) is 0. The molecule has 0 aliphatic carbocycles. The summed E-state index contributed by atoms with van der Waals surface area (Å²) in [5.74, 6) is 1.01. The zero-order valence-corrected chi connectivity index (χ0v) is 13.6. The second-order valence-corrected chi connectivity index (χ2v) is 6.62. The largest absolute Gasteiger partial charge is 0.469 e. The molecule has 0 saturated carbocycles. The number of rotatable bonds is 14. The third kappa shape index (κ3) is 18.5. The van der Waals surface area contributed by atoms with E-state index in [0.29, 0.717) is 0 Å². The monoisotopic (exact) mass is 312 g/mol. The van der Waals surface area contributed by atoms with Crippen molar-refractivity contribution in [3.63, 3.8) is 0 Å². The summed E-state index contributed by atoms with van der Waals surface area (Å²) in [4.78, 5) is 17.0. The molecule has 0 heterocycles. The Bertz CT molecular complexity index is 233. The second-order valence-electron chi connectivity index (χ2n) is 4.94.